The van der Waals surface area contributed by atoms with Crippen LogP contribution in [0.1, 0.15) is 33.4 Å². The number of anilines is 1. The van der Waals surface area contributed by atoms with Crippen LogP contribution < -0.4 is 15.2 Å². The van der Waals surface area contributed by atoms with E-state index in [2.05, 4.69) is 39.7 Å². The number of esters is 1. The SMILES string of the molecule is CC(C)NSNc1ccc(-c2cc(-c3ccnc(C(C)(C)COC(=O)CN)c3)cs2)c(Cl)c1. The number of carbonyl (C=O) groups is 1. The summed E-state index contributed by atoms with van der Waals surface area (Å²) in [5, 5.41) is 2.80. The smallest absolute Gasteiger partial charge is 0.319 e. The van der Waals surface area contributed by atoms with Crippen molar-refractivity contribution in [3.63, 3.8) is 0 Å². The molecule has 0 fully saturated rings. The van der Waals surface area contributed by atoms with Gasteiger partial charge in [-0.2, -0.15) is 0 Å². The quantitative estimate of drug-likeness (QED) is 0.234. The minimum Gasteiger partial charge on any atom is -0.464 e. The number of ether oxygens (including phenoxy) is 1. The Morgan fingerprint density at radius 1 is 1.24 bits per heavy atom. The highest BCUT2D eigenvalue weighted by molar-refractivity contribution is 7.98. The van der Waals surface area contributed by atoms with Crippen LogP contribution in [0.25, 0.3) is 21.6 Å². The third kappa shape index (κ3) is 6.94. The number of nitrogens with one attached hydrogen (secondary N) is 2. The second kappa shape index (κ2) is 11.4. The molecule has 0 saturated carbocycles. The summed E-state index contributed by atoms with van der Waals surface area (Å²) in [6.45, 7) is 8.24. The Bertz CT molecular complexity index is 1100. The number of hydrogen-bond acceptors (Lipinski definition) is 8. The molecule has 6 nitrogen and oxygen atoms in total. The molecule has 0 bridgehead atoms. The fraction of sp³-hybridized carbons (Fsp3) is 0.333. The van der Waals surface area contributed by atoms with Gasteiger partial charge in [0, 0.05) is 51.6 Å². The minimum atomic E-state index is -0.436. The van der Waals surface area contributed by atoms with Gasteiger partial charge >= 0.3 is 5.97 Å². The van der Waals surface area contributed by atoms with E-state index in [1.807, 2.05) is 44.2 Å². The van der Waals surface area contributed by atoms with Crippen molar-refractivity contribution < 1.29 is 9.53 Å². The van der Waals surface area contributed by atoms with E-state index >= 15 is 0 Å². The topological polar surface area (TPSA) is 89.3 Å². The molecular formula is C24H29ClN4O2S2. The maximum Gasteiger partial charge on any atom is 0.319 e. The molecule has 4 N–H and O–H groups in total. The Balaban J connectivity index is 1.76. The Morgan fingerprint density at radius 3 is 2.73 bits per heavy atom. The monoisotopic (exact) mass is 504 g/mol. The number of halogens is 1. The Hall–Kier alpha value is -2.10. The normalized spacial score (nSPS) is 11.6. The molecule has 0 aliphatic carbocycles. The zero-order chi connectivity index (χ0) is 24.0. The van der Waals surface area contributed by atoms with Crippen LogP contribution in [0.2, 0.25) is 5.02 Å². The molecule has 2 aromatic heterocycles. The first kappa shape index (κ1) is 25.5. The number of rotatable bonds is 10. The van der Waals surface area contributed by atoms with Gasteiger partial charge in [0.1, 0.15) is 6.61 Å². The van der Waals surface area contributed by atoms with Gasteiger partial charge in [0.2, 0.25) is 0 Å². The highest BCUT2D eigenvalue weighted by atomic mass is 35.5. The number of carbonyl (C=O) groups excluding carboxylic acids is 1. The standard InChI is InChI=1S/C24H29ClN4O2S2/c1-15(2)28-33-29-18-5-6-19(20(25)11-18)21-9-17(13-32-21)16-7-8-27-22(10-16)24(3,4)14-31-23(30)12-26/h5-11,13,15,28-29H,12,14,26H2,1-4H3. The van der Waals surface area contributed by atoms with Crippen LogP contribution in [0.3, 0.4) is 0 Å². The number of benzene rings is 1. The van der Waals surface area contributed by atoms with Crippen molar-refractivity contribution >= 4 is 46.7 Å². The molecule has 3 rings (SSSR count). The van der Waals surface area contributed by atoms with Crippen LogP contribution >= 0.6 is 35.1 Å². The summed E-state index contributed by atoms with van der Waals surface area (Å²) in [6.07, 6.45) is 1.78. The van der Waals surface area contributed by atoms with Gasteiger partial charge in [-0.15, -0.1) is 11.3 Å². The van der Waals surface area contributed by atoms with E-state index in [9.17, 15) is 4.79 Å². The van der Waals surface area contributed by atoms with Crippen LogP contribution in [0.15, 0.2) is 48.0 Å². The average molecular weight is 505 g/mol. The summed E-state index contributed by atoms with van der Waals surface area (Å²) < 4.78 is 11.7. The Morgan fingerprint density at radius 2 is 2.03 bits per heavy atom. The van der Waals surface area contributed by atoms with Crippen molar-refractivity contribution in [2.45, 2.75) is 39.2 Å². The molecule has 0 unspecified atom stereocenters. The van der Waals surface area contributed by atoms with Crippen LogP contribution in [-0.2, 0) is 14.9 Å². The zero-order valence-corrected chi connectivity index (χ0v) is 21.5. The average Bonchev–Trinajstić information content (AvgIpc) is 3.27. The largest absolute Gasteiger partial charge is 0.464 e. The van der Waals surface area contributed by atoms with E-state index in [0.717, 1.165) is 32.9 Å². The lowest BCUT2D eigenvalue weighted by atomic mass is 9.88. The summed E-state index contributed by atoms with van der Waals surface area (Å²) >= 11 is 9.68. The molecule has 9 heteroatoms. The fourth-order valence-electron chi connectivity index (χ4n) is 2.99. The summed E-state index contributed by atoms with van der Waals surface area (Å²) in [5.74, 6) is -0.422. The van der Waals surface area contributed by atoms with Crippen LogP contribution in [0.4, 0.5) is 5.69 Å². The molecule has 0 saturated heterocycles. The lowest BCUT2D eigenvalue weighted by Gasteiger charge is -2.24. The van der Waals surface area contributed by atoms with Crippen LogP contribution in [0.5, 0.6) is 0 Å². The zero-order valence-electron chi connectivity index (χ0n) is 19.1. The van der Waals surface area contributed by atoms with Gasteiger partial charge in [0.15, 0.2) is 0 Å². The molecule has 3 aromatic rings. The Kier molecular flexibility index (Phi) is 8.78. The van der Waals surface area contributed by atoms with Gasteiger partial charge < -0.3 is 15.2 Å². The number of thiophene rings is 1. The van der Waals surface area contributed by atoms with Crippen molar-refractivity contribution in [3.05, 3.63) is 58.7 Å². The van der Waals surface area contributed by atoms with E-state index in [0.29, 0.717) is 11.1 Å². The predicted molar refractivity (Wildman–Crippen MR) is 141 cm³/mol. The van der Waals surface area contributed by atoms with E-state index < -0.39 is 11.4 Å². The number of aromatic nitrogens is 1. The maximum absolute atomic E-state index is 11.5. The molecule has 0 aliphatic rings. The molecule has 0 radical (unpaired) electrons. The lowest BCUT2D eigenvalue weighted by Crippen LogP contribution is -2.29. The maximum atomic E-state index is 11.5. The molecule has 1 aromatic carbocycles. The first-order valence-electron chi connectivity index (χ1n) is 10.6. The molecule has 2 heterocycles. The summed E-state index contributed by atoms with van der Waals surface area (Å²) in [5.41, 5.74) is 9.81. The second-order valence-corrected chi connectivity index (χ2v) is 10.5. The van der Waals surface area contributed by atoms with Gasteiger partial charge in [-0.05, 0) is 66.8 Å². The second-order valence-electron chi connectivity index (χ2n) is 8.55. The number of hydrogen-bond donors (Lipinski definition) is 3. The van der Waals surface area contributed by atoms with E-state index in [-0.39, 0.29) is 13.2 Å². The molecule has 176 valence electrons. The summed E-state index contributed by atoms with van der Waals surface area (Å²) in [6, 6.07) is 12.5. The third-order valence-corrected chi connectivity index (χ3v) is 7.05. The summed E-state index contributed by atoms with van der Waals surface area (Å²) in [7, 11) is 0. The Labute approximate surface area is 208 Å². The first-order chi connectivity index (χ1) is 15.7. The molecule has 0 atom stereocenters. The van der Waals surface area contributed by atoms with Crippen molar-refractivity contribution in [3.8, 4) is 21.6 Å². The first-order valence-corrected chi connectivity index (χ1v) is 12.7. The highest BCUT2D eigenvalue weighted by Crippen LogP contribution is 2.38. The van der Waals surface area contributed by atoms with Gasteiger partial charge in [-0.25, -0.2) is 4.72 Å². The molecule has 0 amide bonds. The van der Waals surface area contributed by atoms with Crippen molar-refractivity contribution in [1.29, 1.82) is 0 Å². The van der Waals surface area contributed by atoms with Crippen molar-refractivity contribution in [1.82, 2.24) is 9.71 Å². The molecule has 33 heavy (non-hydrogen) atoms. The van der Waals surface area contributed by atoms with E-state index in [1.165, 1.54) is 12.1 Å². The molecule has 0 spiro atoms. The highest BCUT2D eigenvalue weighted by Gasteiger charge is 2.25. The van der Waals surface area contributed by atoms with Crippen molar-refractivity contribution in [2.75, 3.05) is 17.9 Å². The molecule has 0 aliphatic heterocycles. The van der Waals surface area contributed by atoms with Crippen LogP contribution in [0, 0.1) is 0 Å². The summed E-state index contributed by atoms with van der Waals surface area (Å²) in [4.78, 5) is 17.1. The van der Waals surface area contributed by atoms with Crippen LogP contribution in [-0.4, -0.2) is 30.1 Å². The minimum absolute atomic E-state index is 0.130. The third-order valence-electron chi connectivity index (χ3n) is 4.84. The number of nitrogens with zero attached hydrogens (tertiary/aromatic N) is 1. The van der Waals surface area contributed by atoms with E-state index in [1.54, 1.807) is 17.5 Å². The van der Waals surface area contributed by atoms with E-state index in [4.69, 9.17) is 22.1 Å². The van der Waals surface area contributed by atoms with Gasteiger partial charge in [-0.3, -0.25) is 9.78 Å². The number of pyridine rings is 1. The van der Waals surface area contributed by atoms with Crippen molar-refractivity contribution in [2.24, 2.45) is 5.73 Å². The fourth-order valence-corrected chi connectivity index (χ4v) is 4.82. The van der Waals surface area contributed by atoms with Gasteiger partial charge in [-0.1, -0.05) is 25.4 Å². The molecular weight excluding hydrogens is 476 g/mol. The lowest BCUT2D eigenvalue weighted by molar-refractivity contribution is -0.143. The predicted octanol–water partition coefficient (Wildman–Crippen LogP) is 5.88. The number of nitrogens with two attached hydrogens (primary N) is 1. The van der Waals surface area contributed by atoms with Gasteiger partial charge in [0.25, 0.3) is 0 Å². The van der Waals surface area contributed by atoms with Gasteiger partial charge in [0.05, 0.1) is 11.6 Å².